The highest BCUT2D eigenvalue weighted by Crippen LogP contribution is 2.28. The zero-order valence-corrected chi connectivity index (χ0v) is 10.0. The molecule has 0 unspecified atom stereocenters. The summed E-state index contributed by atoms with van der Waals surface area (Å²) in [6, 6.07) is 0. The highest BCUT2D eigenvalue weighted by molar-refractivity contribution is 6.32. The van der Waals surface area contributed by atoms with E-state index >= 15 is 0 Å². The van der Waals surface area contributed by atoms with E-state index in [0.717, 1.165) is 5.84 Å². The molecule has 0 fully saturated rings. The van der Waals surface area contributed by atoms with Crippen LogP contribution in [-0.2, 0) is 0 Å². The van der Waals surface area contributed by atoms with Gasteiger partial charge in [0.05, 0.1) is 0 Å². The van der Waals surface area contributed by atoms with Crippen LogP contribution in [-0.4, -0.2) is 34.8 Å². The van der Waals surface area contributed by atoms with E-state index in [1.807, 2.05) is 25.9 Å². The number of hydrogen-bond donors (Lipinski definition) is 1. The SMILES string of the molecule is CC(=Nc1c(N)nc(C)nc1Cl)N(C)C. The highest BCUT2D eigenvalue weighted by atomic mass is 35.5. The average molecular weight is 228 g/mol. The lowest BCUT2D eigenvalue weighted by Crippen LogP contribution is -2.18. The number of aryl methyl sites for hydroxylation is 1. The molecule has 82 valence electrons. The third kappa shape index (κ3) is 2.79. The Morgan fingerprint density at radius 1 is 1.40 bits per heavy atom. The van der Waals surface area contributed by atoms with Crippen LogP contribution >= 0.6 is 11.6 Å². The fourth-order valence-corrected chi connectivity index (χ4v) is 1.18. The van der Waals surface area contributed by atoms with Crippen molar-refractivity contribution in [3.05, 3.63) is 11.0 Å². The molecular weight excluding hydrogens is 214 g/mol. The molecule has 2 N–H and O–H groups in total. The second kappa shape index (κ2) is 4.44. The summed E-state index contributed by atoms with van der Waals surface area (Å²) in [6.07, 6.45) is 0. The molecule has 0 amide bonds. The minimum Gasteiger partial charge on any atom is -0.382 e. The second-order valence-electron chi connectivity index (χ2n) is 3.35. The summed E-state index contributed by atoms with van der Waals surface area (Å²) < 4.78 is 0. The topological polar surface area (TPSA) is 67.4 Å². The van der Waals surface area contributed by atoms with Gasteiger partial charge in [0.2, 0.25) is 0 Å². The lowest BCUT2D eigenvalue weighted by Gasteiger charge is -2.12. The Labute approximate surface area is 94.0 Å². The van der Waals surface area contributed by atoms with E-state index in [4.69, 9.17) is 17.3 Å². The number of amidine groups is 1. The maximum Gasteiger partial charge on any atom is 0.160 e. The summed E-state index contributed by atoms with van der Waals surface area (Å²) in [5, 5.41) is 0.279. The van der Waals surface area contributed by atoms with Crippen molar-refractivity contribution >= 4 is 28.9 Å². The Morgan fingerprint density at radius 2 is 2.00 bits per heavy atom. The molecule has 0 atom stereocenters. The lowest BCUT2D eigenvalue weighted by molar-refractivity contribution is 0.619. The molecule has 0 aliphatic heterocycles. The minimum atomic E-state index is 0.279. The molecule has 0 bridgehead atoms. The van der Waals surface area contributed by atoms with E-state index in [1.165, 1.54) is 0 Å². The van der Waals surface area contributed by atoms with Crippen LogP contribution in [0.3, 0.4) is 0 Å². The van der Waals surface area contributed by atoms with Gasteiger partial charge in [-0.25, -0.2) is 15.0 Å². The van der Waals surface area contributed by atoms with E-state index < -0.39 is 0 Å². The van der Waals surface area contributed by atoms with Crippen molar-refractivity contribution in [2.75, 3.05) is 19.8 Å². The summed E-state index contributed by atoms with van der Waals surface area (Å²) in [5.74, 6) is 1.63. The fraction of sp³-hybridized carbons (Fsp3) is 0.444. The standard InChI is InChI=1S/C9H14ClN5/c1-5-12-8(10)7(9(11)13-5)14-6(2)15(3)4/h1-4H3,(H2,11,12,13). The Balaban J connectivity index is 3.21. The number of rotatable bonds is 1. The molecule has 1 heterocycles. The van der Waals surface area contributed by atoms with Gasteiger partial charge < -0.3 is 10.6 Å². The Hall–Kier alpha value is -1.36. The number of anilines is 1. The molecule has 0 saturated heterocycles. The van der Waals surface area contributed by atoms with Gasteiger partial charge in [0.25, 0.3) is 0 Å². The monoisotopic (exact) mass is 227 g/mol. The smallest absolute Gasteiger partial charge is 0.160 e. The molecule has 1 aromatic heterocycles. The maximum atomic E-state index is 5.93. The van der Waals surface area contributed by atoms with Gasteiger partial charge in [-0.15, -0.1) is 0 Å². The van der Waals surface area contributed by atoms with Crippen LogP contribution in [0.1, 0.15) is 12.7 Å². The van der Waals surface area contributed by atoms with Gasteiger partial charge in [0, 0.05) is 14.1 Å². The van der Waals surface area contributed by atoms with Gasteiger partial charge in [-0.05, 0) is 13.8 Å². The summed E-state index contributed by atoms with van der Waals surface area (Å²) in [6.45, 7) is 3.59. The lowest BCUT2D eigenvalue weighted by atomic mass is 10.4. The third-order valence-electron chi connectivity index (χ3n) is 1.90. The molecule has 0 aliphatic rings. The largest absolute Gasteiger partial charge is 0.382 e. The van der Waals surface area contributed by atoms with Crippen LogP contribution in [0.25, 0.3) is 0 Å². The number of nitrogen functional groups attached to an aromatic ring is 1. The van der Waals surface area contributed by atoms with Crippen LogP contribution < -0.4 is 5.73 Å². The normalized spacial score (nSPS) is 11.7. The van der Waals surface area contributed by atoms with Gasteiger partial charge in [0.15, 0.2) is 11.0 Å². The van der Waals surface area contributed by atoms with Gasteiger partial charge in [-0.1, -0.05) is 11.6 Å². The van der Waals surface area contributed by atoms with E-state index in [9.17, 15) is 0 Å². The predicted molar refractivity (Wildman–Crippen MR) is 62.6 cm³/mol. The molecule has 0 aliphatic carbocycles. The molecule has 5 nitrogen and oxygen atoms in total. The quantitative estimate of drug-likeness (QED) is 0.450. The maximum absolute atomic E-state index is 5.93. The van der Waals surface area contributed by atoms with Crippen molar-refractivity contribution < 1.29 is 0 Å². The van der Waals surface area contributed by atoms with Crippen LogP contribution in [0.4, 0.5) is 11.5 Å². The van der Waals surface area contributed by atoms with Gasteiger partial charge in [-0.3, -0.25) is 0 Å². The first-order valence-electron chi connectivity index (χ1n) is 4.44. The number of halogens is 1. The van der Waals surface area contributed by atoms with Crippen molar-refractivity contribution in [2.45, 2.75) is 13.8 Å². The van der Waals surface area contributed by atoms with E-state index in [-0.39, 0.29) is 5.15 Å². The van der Waals surface area contributed by atoms with E-state index in [0.29, 0.717) is 17.3 Å². The Morgan fingerprint density at radius 3 is 2.47 bits per heavy atom. The van der Waals surface area contributed by atoms with Crippen LogP contribution in [0.2, 0.25) is 5.15 Å². The first kappa shape index (κ1) is 11.7. The predicted octanol–water partition coefficient (Wildman–Crippen LogP) is 1.63. The Kier molecular flexibility index (Phi) is 3.47. The summed E-state index contributed by atoms with van der Waals surface area (Å²) in [7, 11) is 3.77. The molecule has 1 rings (SSSR count). The van der Waals surface area contributed by atoms with Gasteiger partial charge in [-0.2, -0.15) is 0 Å². The first-order chi connectivity index (χ1) is 6.91. The molecule has 1 aromatic rings. The van der Waals surface area contributed by atoms with Crippen LogP contribution in [0, 0.1) is 6.92 Å². The minimum absolute atomic E-state index is 0.279. The van der Waals surface area contributed by atoms with Crippen LogP contribution in [0.15, 0.2) is 4.99 Å². The van der Waals surface area contributed by atoms with E-state index in [1.54, 1.807) is 6.92 Å². The number of aliphatic imine (C=N–C) groups is 1. The van der Waals surface area contributed by atoms with Gasteiger partial charge >= 0.3 is 0 Å². The first-order valence-corrected chi connectivity index (χ1v) is 4.82. The molecule has 0 radical (unpaired) electrons. The zero-order valence-electron chi connectivity index (χ0n) is 9.24. The van der Waals surface area contributed by atoms with Gasteiger partial charge in [0.1, 0.15) is 17.3 Å². The summed E-state index contributed by atoms with van der Waals surface area (Å²) in [5.41, 5.74) is 6.13. The average Bonchev–Trinajstić information content (AvgIpc) is 2.10. The van der Waals surface area contributed by atoms with Crippen molar-refractivity contribution in [3.63, 3.8) is 0 Å². The molecule has 0 saturated carbocycles. The zero-order chi connectivity index (χ0) is 11.6. The molecule has 0 aromatic carbocycles. The number of aromatic nitrogens is 2. The fourth-order valence-electron chi connectivity index (χ4n) is 0.918. The summed E-state index contributed by atoms with van der Waals surface area (Å²) >= 11 is 5.93. The van der Waals surface area contributed by atoms with Crippen molar-refractivity contribution in [1.82, 2.24) is 14.9 Å². The Bertz CT molecular complexity index is 376. The van der Waals surface area contributed by atoms with Crippen molar-refractivity contribution in [1.29, 1.82) is 0 Å². The van der Waals surface area contributed by atoms with Crippen LogP contribution in [0.5, 0.6) is 0 Å². The van der Waals surface area contributed by atoms with Crippen molar-refractivity contribution in [2.24, 2.45) is 4.99 Å². The number of nitrogens with two attached hydrogens (primary N) is 1. The number of nitrogens with zero attached hydrogens (tertiary/aromatic N) is 4. The molecule has 6 heteroatoms. The molecule has 15 heavy (non-hydrogen) atoms. The molecule has 0 spiro atoms. The highest BCUT2D eigenvalue weighted by Gasteiger charge is 2.08. The van der Waals surface area contributed by atoms with E-state index in [2.05, 4.69) is 15.0 Å². The summed E-state index contributed by atoms with van der Waals surface area (Å²) in [4.78, 5) is 14.1. The second-order valence-corrected chi connectivity index (χ2v) is 3.71. The third-order valence-corrected chi connectivity index (χ3v) is 2.16. The van der Waals surface area contributed by atoms with Crippen molar-refractivity contribution in [3.8, 4) is 0 Å². The number of hydrogen-bond acceptors (Lipinski definition) is 4. The molecular formula is C9H14ClN5.